The minimum atomic E-state index is -0.334. The third kappa shape index (κ3) is 5.40. The fourth-order valence-electron chi connectivity index (χ4n) is 9.88. The summed E-state index contributed by atoms with van der Waals surface area (Å²) in [4.78, 5) is 39.3. The van der Waals surface area contributed by atoms with Crippen LogP contribution in [-0.4, -0.2) is 30.3 Å². The summed E-state index contributed by atoms with van der Waals surface area (Å²) < 4.78 is 6.85. The summed E-state index contributed by atoms with van der Waals surface area (Å²) in [6.45, 7) is 9.10. The minimum Gasteiger partial charge on any atom is -0.461 e. The van der Waals surface area contributed by atoms with Crippen molar-refractivity contribution in [2.75, 3.05) is 6.54 Å². The van der Waals surface area contributed by atoms with Crippen LogP contribution in [0.2, 0.25) is 4.34 Å². The van der Waals surface area contributed by atoms with E-state index in [0.717, 1.165) is 54.2 Å². The van der Waals surface area contributed by atoms with Crippen LogP contribution in [0.1, 0.15) is 103 Å². The zero-order valence-corrected chi connectivity index (χ0v) is 26.1. The number of halogens is 1. The highest BCUT2D eigenvalue weighted by atomic mass is 35.5. The van der Waals surface area contributed by atoms with Gasteiger partial charge in [0.1, 0.15) is 11.9 Å². The number of thiophene rings is 1. The van der Waals surface area contributed by atoms with E-state index in [2.05, 4.69) is 33.0 Å². The first-order valence-electron chi connectivity index (χ1n) is 15.5. The molecular weight excluding hydrogens is 544 g/mol. The van der Waals surface area contributed by atoms with Crippen LogP contribution >= 0.6 is 22.9 Å². The molecule has 0 saturated heterocycles. The quantitative estimate of drug-likeness (QED) is 0.328. The van der Waals surface area contributed by atoms with E-state index in [0.29, 0.717) is 48.7 Å². The van der Waals surface area contributed by atoms with Gasteiger partial charge in [0.2, 0.25) is 5.91 Å². The average molecular weight is 591 g/mol. The summed E-state index contributed by atoms with van der Waals surface area (Å²) in [6.07, 6.45) is 8.64. The lowest BCUT2D eigenvalue weighted by Crippen LogP contribution is -2.59. The number of hydrogen-bond acceptors (Lipinski definition) is 6. The third-order valence-corrected chi connectivity index (χ3v) is 13.2. The number of ether oxygens (including phenoxy) is 1. The lowest BCUT2D eigenvalue weighted by Gasteiger charge is -2.62. The first kappa shape index (κ1) is 30.0. The molecule has 4 aliphatic carbocycles. The largest absolute Gasteiger partial charge is 0.461 e. The summed E-state index contributed by atoms with van der Waals surface area (Å²) in [5.74, 6) is 2.31. The molecule has 40 heavy (non-hydrogen) atoms. The van der Waals surface area contributed by atoms with E-state index in [-0.39, 0.29) is 53.2 Å². The number of hydrogen-bond donors (Lipinski definition) is 2. The summed E-state index contributed by atoms with van der Waals surface area (Å²) in [7, 11) is 0. The van der Waals surface area contributed by atoms with Crippen LogP contribution in [0.25, 0.3) is 0 Å². The Labute approximate surface area is 248 Å². The number of ketones is 1. The number of rotatable bonds is 8. The molecule has 1 heterocycles. The highest BCUT2D eigenvalue weighted by Gasteiger charge is 2.63. The lowest BCUT2D eigenvalue weighted by atomic mass is 9.43. The van der Waals surface area contributed by atoms with Gasteiger partial charge >= 0.3 is 5.97 Å². The van der Waals surface area contributed by atoms with Crippen LogP contribution in [0, 0.1) is 46.3 Å². The van der Waals surface area contributed by atoms with Gasteiger partial charge in [-0.25, -0.2) is 0 Å². The van der Waals surface area contributed by atoms with Crippen LogP contribution < -0.4 is 11.1 Å². The van der Waals surface area contributed by atoms with Gasteiger partial charge in [-0.1, -0.05) is 39.3 Å². The molecule has 4 aliphatic rings. The first-order valence-corrected chi connectivity index (χ1v) is 16.6. The van der Waals surface area contributed by atoms with Crippen molar-refractivity contribution >= 4 is 40.6 Å². The van der Waals surface area contributed by atoms with Gasteiger partial charge in [-0.15, -0.1) is 11.3 Å². The molecule has 4 fully saturated rings. The number of amides is 1. The molecule has 0 aliphatic heterocycles. The normalized spacial score (nSPS) is 38.5. The van der Waals surface area contributed by atoms with E-state index in [9.17, 15) is 14.4 Å². The Morgan fingerprint density at radius 2 is 1.93 bits per heavy atom. The van der Waals surface area contributed by atoms with E-state index in [1.165, 1.54) is 11.3 Å². The van der Waals surface area contributed by atoms with Crippen molar-refractivity contribution in [3.63, 3.8) is 0 Å². The van der Waals surface area contributed by atoms with E-state index in [1.807, 2.05) is 12.1 Å². The van der Waals surface area contributed by atoms with Crippen molar-refractivity contribution in [2.45, 2.75) is 104 Å². The maximum Gasteiger partial charge on any atom is 0.319 e. The topological polar surface area (TPSA) is 98.5 Å². The molecule has 222 valence electrons. The van der Waals surface area contributed by atoms with Crippen LogP contribution in [0.15, 0.2) is 12.1 Å². The summed E-state index contributed by atoms with van der Waals surface area (Å²) in [5, 5.41) is 3.27. The average Bonchev–Trinajstić information content (AvgIpc) is 3.50. The Morgan fingerprint density at radius 1 is 1.18 bits per heavy atom. The van der Waals surface area contributed by atoms with Crippen molar-refractivity contribution in [3.8, 4) is 0 Å². The van der Waals surface area contributed by atoms with Gasteiger partial charge < -0.3 is 15.8 Å². The van der Waals surface area contributed by atoms with Crippen LogP contribution in [0.5, 0.6) is 0 Å². The second-order valence-electron chi connectivity index (χ2n) is 13.8. The van der Waals surface area contributed by atoms with Crippen LogP contribution in [-0.2, 0) is 19.1 Å². The maximum atomic E-state index is 13.2. The molecule has 1 aromatic heterocycles. The van der Waals surface area contributed by atoms with Crippen molar-refractivity contribution in [2.24, 2.45) is 52.1 Å². The van der Waals surface area contributed by atoms with Gasteiger partial charge in [0.05, 0.1) is 16.9 Å². The zero-order chi connectivity index (χ0) is 28.8. The molecule has 10 atom stereocenters. The van der Waals surface area contributed by atoms with E-state index in [4.69, 9.17) is 22.1 Å². The number of nitrogens with two attached hydrogens (primary N) is 1. The maximum absolute atomic E-state index is 13.2. The smallest absolute Gasteiger partial charge is 0.319 e. The molecule has 1 aromatic rings. The first-order chi connectivity index (χ1) is 19.0. The predicted octanol–water partition coefficient (Wildman–Crippen LogP) is 6.70. The Kier molecular flexibility index (Phi) is 8.77. The molecule has 0 spiro atoms. The van der Waals surface area contributed by atoms with Crippen LogP contribution in [0.3, 0.4) is 0 Å². The molecule has 8 heteroatoms. The molecule has 3 N–H and O–H groups in total. The Bertz CT molecular complexity index is 1120. The molecule has 0 unspecified atom stereocenters. The van der Waals surface area contributed by atoms with Gasteiger partial charge in [-0.2, -0.15) is 0 Å². The van der Waals surface area contributed by atoms with E-state index >= 15 is 0 Å². The van der Waals surface area contributed by atoms with E-state index < -0.39 is 0 Å². The molecule has 0 bridgehead atoms. The van der Waals surface area contributed by atoms with Crippen molar-refractivity contribution < 1.29 is 19.1 Å². The Morgan fingerprint density at radius 3 is 2.60 bits per heavy atom. The zero-order valence-electron chi connectivity index (χ0n) is 24.5. The Hall–Kier alpha value is -1.44. The number of carbonyl (C=O) groups is 3. The number of Topliss-reactive ketones (excluding diaryl/α,β-unsaturated/α-hetero) is 1. The number of esters is 1. The fourth-order valence-corrected chi connectivity index (χ4v) is 11.1. The van der Waals surface area contributed by atoms with Gasteiger partial charge in [-0.3, -0.25) is 14.4 Å². The van der Waals surface area contributed by atoms with Crippen molar-refractivity contribution in [1.29, 1.82) is 0 Å². The monoisotopic (exact) mass is 590 g/mol. The van der Waals surface area contributed by atoms with Gasteiger partial charge in [-0.05, 0) is 97.5 Å². The predicted molar refractivity (Wildman–Crippen MR) is 159 cm³/mol. The van der Waals surface area contributed by atoms with Crippen LogP contribution in [0.4, 0.5) is 0 Å². The molecular formula is C32H47ClN2O4S. The van der Waals surface area contributed by atoms with Crippen molar-refractivity contribution in [3.05, 3.63) is 21.3 Å². The summed E-state index contributed by atoms with van der Waals surface area (Å²) in [6, 6.07) is 3.90. The SMILES string of the molecule is CC[C@@H](NC(=O)C[C@@H](C)[C@H]1CC[C@H]2[C@@H]3[C@H](OC(=O)CN)C[C@@H]4CC(=O)CC[C@]4(C)[C@H]3CC[C@]12C)c1ccc(Cl)s1. The number of nitrogens with one attached hydrogen (secondary N) is 1. The fraction of sp³-hybridized carbons (Fsp3) is 0.781. The highest BCUT2D eigenvalue weighted by molar-refractivity contribution is 7.16. The van der Waals surface area contributed by atoms with Gasteiger partial charge in [0.25, 0.3) is 0 Å². The highest BCUT2D eigenvalue weighted by Crippen LogP contribution is 2.68. The summed E-state index contributed by atoms with van der Waals surface area (Å²) in [5.41, 5.74) is 5.91. The minimum absolute atomic E-state index is 0.00385. The number of fused-ring (bicyclic) bond motifs is 5. The standard InChI is InChI=1S/C32H47ClN2O4S/c1-5-24(26-8-9-27(33)40-26)35-28(37)14-18(2)21-6-7-22-30-23(11-13-32(21,22)4)31(3)12-10-20(36)15-19(31)16-25(30)39-29(38)17-34/h8-9,18-19,21-25,30H,5-7,10-17,34H2,1-4H3,(H,35,37)/t18-,19+,21-,22+,23+,24-,25-,30+,31+,32-/m1/s1. The van der Waals surface area contributed by atoms with Gasteiger partial charge in [0.15, 0.2) is 0 Å². The molecule has 6 nitrogen and oxygen atoms in total. The Balaban J connectivity index is 1.33. The molecule has 0 radical (unpaired) electrons. The second kappa shape index (κ2) is 11.7. The number of carbonyl (C=O) groups excluding carboxylic acids is 3. The second-order valence-corrected chi connectivity index (χ2v) is 15.5. The third-order valence-electron chi connectivity index (χ3n) is 11.9. The molecule has 0 aromatic carbocycles. The van der Waals surface area contributed by atoms with E-state index in [1.54, 1.807) is 0 Å². The molecule has 1 amide bonds. The molecule has 4 saturated carbocycles. The lowest BCUT2D eigenvalue weighted by molar-refractivity contribution is -0.190. The summed E-state index contributed by atoms with van der Waals surface area (Å²) >= 11 is 7.69. The molecule has 5 rings (SSSR count). The van der Waals surface area contributed by atoms with Gasteiger partial charge in [0, 0.05) is 30.1 Å². The van der Waals surface area contributed by atoms with Crippen molar-refractivity contribution in [1.82, 2.24) is 5.32 Å².